The van der Waals surface area contributed by atoms with E-state index in [1.54, 1.807) is 0 Å². The number of benzene rings is 2. The van der Waals surface area contributed by atoms with Gasteiger partial charge in [0.25, 0.3) is 0 Å². The average Bonchev–Trinajstić information content (AvgIpc) is 2.03. The molecule has 0 atom stereocenters. The lowest BCUT2D eigenvalue weighted by atomic mass is 10.1. The zero-order valence-electron chi connectivity index (χ0n) is 6.07. The van der Waals surface area contributed by atoms with Crippen LogP contribution in [0.4, 0.5) is 0 Å². The molecule has 0 N–H and O–H groups in total. The molecule has 0 unspecified atom stereocenters. The molecule has 2 aromatic carbocycles. The van der Waals surface area contributed by atoms with E-state index in [4.69, 9.17) is 23.2 Å². The molecule has 2 heteroatoms. The molecule has 0 saturated heterocycles. The van der Waals surface area contributed by atoms with E-state index < -0.39 is 0 Å². The number of halogens is 2. The second-order valence-corrected chi connectivity index (χ2v) is 3.29. The van der Waals surface area contributed by atoms with E-state index in [9.17, 15) is 0 Å². The van der Waals surface area contributed by atoms with Crippen LogP contribution >= 0.6 is 23.2 Å². The van der Waals surface area contributed by atoms with Crippen LogP contribution in [0.3, 0.4) is 0 Å². The molecule has 0 bridgehead atoms. The lowest BCUT2D eigenvalue weighted by molar-refractivity contribution is 1.72. The van der Waals surface area contributed by atoms with Crippen molar-refractivity contribution >= 4 is 34.0 Å². The van der Waals surface area contributed by atoms with Crippen LogP contribution in [0.1, 0.15) is 0 Å². The number of rotatable bonds is 0. The zero-order valence-corrected chi connectivity index (χ0v) is 7.58. The Kier molecular flexibility index (Phi) is 1.95. The summed E-state index contributed by atoms with van der Waals surface area (Å²) in [5, 5.41) is 3.26. The van der Waals surface area contributed by atoms with Crippen molar-refractivity contribution in [3.8, 4) is 0 Å². The Hall–Kier alpha value is -0.720. The molecule has 0 saturated carbocycles. The van der Waals surface area contributed by atoms with Crippen molar-refractivity contribution in [1.29, 1.82) is 0 Å². The van der Waals surface area contributed by atoms with E-state index in [1.165, 1.54) is 0 Å². The van der Waals surface area contributed by atoms with Gasteiger partial charge in [0.2, 0.25) is 0 Å². The molecule has 2 radical (unpaired) electrons. The Morgan fingerprint density at radius 1 is 0.833 bits per heavy atom. The summed E-state index contributed by atoms with van der Waals surface area (Å²) in [5.41, 5.74) is 0. The van der Waals surface area contributed by atoms with Gasteiger partial charge in [0.15, 0.2) is 0 Å². The smallest absolute Gasteiger partial charge is 0.0491 e. The van der Waals surface area contributed by atoms with Crippen molar-refractivity contribution < 1.29 is 0 Å². The summed E-state index contributed by atoms with van der Waals surface area (Å²) in [7, 11) is 0. The Morgan fingerprint density at radius 3 is 1.83 bits per heavy atom. The second kappa shape index (κ2) is 2.96. The van der Waals surface area contributed by atoms with Gasteiger partial charge in [0.05, 0.1) is 0 Å². The van der Waals surface area contributed by atoms with Gasteiger partial charge < -0.3 is 0 Å². The maximum Gasteiger partial charge on any atom is 0.0491 e. The largest absolute Gasteiger partial charge is 0.0836 e. The molecule has 0 spiro atoms. The van der Waals surface area contributed by atoms with Crippen molar-refractivity contribution in [1.82, 2.24) is 0 Å². The molecule has 0 fully saturated rings. The van der Waals surface area contributed by atoms with Crippen molar-refractivity contribution in [2.75, 3.05) is 0 Å². The maximum absolute atomic E-state index is 5.76. The molecule has 12 heavy (non-hydrogen) atoms. The number of hydrogen-bond acceptors (Lipinski definition) is 0. The first-order valence-electron chi connectivity index (χ1n) is 3.44. The van der Waals surface area contributed by atoms with Crippen molar-refractivity contribution in [3.05, 3.63) is 46.4 Å². The van der Waals surface area contributed by atoms with Gasteiger partial charge in [-0.25, -0.2) is 0 Å². The van der Waals surface area contributed by atoms with Crippen molar-refractivity contribution in [2.24, 2.45) is 0 Å². The van der Waals surface area contributed by atoms with E-state index in [0.717, 1.165) is 10.8 Å². The highest BCUT2D eigenvalue weighted by Gasteiger charge is 1.95. The molecular formula is C10H4Cl2. The van der Waals surface area contributed by atoms with Crippen LogP contribution < -0.4 is 0 Å². The first-order chi connectivity index (χ1) is 5.75. The standard InChI is InChI=1S/C10H4Cl2/c11-9-3-1-7-2-4-10(12)6-8(7)5-9/h1-2,5-6H. The first kappa shape index (κ1) is 7.90. The fourth-order valence-electron chi connectivity index (χ4n) is 1.07. The molecule has 0 heterocycles. The Bertz CT molecular complexity index is 384. The predicted octanol–water partition coefficient (Wildman–Crippen LogP) is 3.75. The summed E-state index contributed by atoms with van der Waals surface area (Å²) >= 11 is 11.5. The molecule has 2 aromatic rings. The monoisotopic (exact) mass is 194 g/mol. The normalized spacial score (nSPS) is 10.5. The molecule has 0 aliphatic heterocycles. The van der Waals surface area contributed by atoms with Crippen molar-refractivity contribution in [3.63, 3.8) is 0 Å². The van der Waals surface area contributed by atoms with Crippen LogP contribution in [0, 0.1) is 12.1 Å². The quantitative estimate of drug-likeness (QED) is 0.600. The summed E-state index contributed by atoms with van der Waals surface area (Å²) in [6, 6.07) is 13.1. The van der Waals surface area contributed by atoms with E-state index >= 15 is 0 Å². The van der Waals surface area contributed by atoms with Crippen LogP contribution in [0.15, 0.2) is 24.3 Å². The highest BCUT2D eigenvalue weighted by molar-refractivity contribution is 6.32. The third-order valence-corrected chi connectivity index (χ3v) is 2.07. The van der Waals surface area contributed by atoms with Gasteiger partial charge in [-0.1, -0.05) is 23.2 Å². The van der Waals surface area contributed by atoms with Crippen LogP contribution in [-0.4, -0.2) is 0 Å². The fraction of sp³-hybridized carbons (Fsp3) is 0. The average molecular weight is 195 g/mol. The Labute approximate surface area is 80.7 Å². The van der Waals surface area contributed by atoms with Crippen LogP contribution in [0.25, 0.3) is 10.8 Å². The third-order valence-electron chi connectivity index (χ3n) is 1.63. The molecule has 0 nitrogen and oxygen atoms in total. The highest BCUT2D eigenvalue weighted by atomic mass is 35.5. The van der Waals surface area contributed by atoms with Crippen molar-refractivity contribution in [2.45, 2.75) is 0 Å². The first-order valence-corrected chi connectivity index (χ1v) is 4.19. The maximum atomic E-state index is 5.76. The lowest BCUT2D eigenvalue weighted by Gasteiger charge is -1.97. The van der Waals surface area contributed by atoms with Gasteiger partial charge in [-0.3, -0.25) is 0 Å². The van der Waals surface area contributed by atoms with E-state index in [2.05, 4.69) is 12.1 Å². The second-order valence-electron chi connectivity index (χ2n) is 2.47. The molecule has 0 aromatic heterocycles. The Balaban J connectivity index is 2.80. The lowest BCUT2D eigenvalue weighted by Crippen LogP contribution is -1.72. The highest BCUT2D eigenvalue weighted by Crippen LogP contribution is 2.21. The van der Waals surface area contributed by atoms with Gasteiger partial charge in [-0.05, 0) is 35.0 Å². The minimum Gasteiger partial charge on any atom is -0.0836 e. The fourth-order valence-corrected chi connectivity index (χ4v) is 1.41. The SMILES string of the molecule is Clc1[c]cc2c[c]c(Cl)cc2c1. The van der Waals surface area contributed by atoms with Gasteiger partial charge >= 0.3 is 0 Å². The Morgan fingerprint density at radius 2 is 1.33 bits per heavy atom. The summed E-state index contributed by atoms with van der Waals surface area (Å²) < 4.78 is 0. The summed E-state index contributed by atoms with van der Waals surface area (Å²) in [6.07, 6.45) is 0. The van der Waals surface area contributed by atoms with Crippen LogP contribution in [0.2, 0.25) is 10.0 Å². The van der Waals surface area contributed by atoms with Gasteiger partial charge in [-0.2, -0.15) is 0 Å². The number of fused-ring (bicyclic) bond motifs is 1. The third kappa shape index (κ3) is 1.40. The minimum absolute atomic E-state index is 0.602. The molecular weight excluding hydrogens is 191 g/mol. The molecule has 0 aliphatic carbocycles. The summed E-state index contributed by atoms with van der Waals surface area (Å²) in [5.74, 6) is 0. The van der Waals surface area contributed by atoms with Crippen LogP contribution in [-0.2, 0) is 0 Å². The molecule has 0 amide bonds. The van der Waals surface area contributed by atoms with E-state index in [-0.39, 0.29) is 0 Å². The van der Waals surface area contributed by atoms with E-state index in [0.29, 0.717) is 10.0 Å². The van der Waals surface area contributed by atoms with E-state index in [1.807, 2.05) is 24.3 Å². The molecule has 2 rings (SSSR count). The summed E-state index contributed by atoms with van der Waals surface area (Å²) in [4.78, 5) is 0. The van der Waals surface area contributed by atoms with Gasteiger partial charge in [-0.15, -0.1) is 0 Å². The van der Waals surface area contributed by atoms with Crippen LogP contribution in [0.5, 0.6) is 0 Å². The van der Waals surface area contributed by atoms with Gasteiger partial charge in [0, 0.05) is 22.2 Å². The number of hydrogen-bond donors (Lipinski definition) is 0. The summed E-state index contributed by atoms with van der Waals surface area (Å²) in [6.45, 7) is 0. The molecule has 58 valence electrons. The minimum atomic E-state index is 0.602. The molecule has 0 aliphatic rings. The predicted molar refractivity (Wildman–Crippen MR) is 51.6 cm³/mol. The van der Waals surface area contributed by atoms with Gasteiger partial charge in [0.1, 0.15) is 0 Å². The zero-order chi connectivity index (χ0) is 8.55. The topological polar surface area (TPSA) is 0 Å².